The minimum atomic E-state index is -0.957. The molecule has 84 valence electrons. The van der Waals surface area contributed by atoms with Crippen molar-refractivity contribution in [3.8, 4) is 0 Å². The van der Waals surface area contributed by atoms with Gasteiger partial charge in [0.15, 0.2) is 0 Å². The van der Waals surface area contributed by atoms with Crippen LogP contribution in [0.15, 0.2) is 18.2 Å². The van der Waals surface area contributed by atoms with Gasteiger partial charge in [-0.15, -0.1) is 0 Å². The van der Waals surface area contributed by atoms with Crippen LogP contribution < -0.4 is 5.32 Å². The zero-order chi connectivity index (χ0) is 11.7. The molecule has 1 aliphatic heterocycles. The number of likely N-dealkylation sites (N-methyl/N-ethyl adjacent to an activating group) is 1. The normalized spacial score (nSPS) is 15.1. The first-order valence-corrected chi connectivity index (χ1v) is 4.92. The summed E-state index contributed by atoms with van der Waals surface area (Å²) in [7, 11) is 1.70. The molecule has 16 heavy (non-hydrogen) atoms. The number of rotatable bonds is 1. The van der Waals surface area contributed by atoms with Crippen LogP contribution in [0.4, 0.5) is 5.69 Å². The van der Waals surface area contributed by atoms with E-state index in [-0.39, 0.29) is 18.0 Å². The molecular weight excluding hydrogens is 208 g/mol. The van der Waals surface area contributed by atoms with Gasteiger partial charge < -0.3 is 15.3 Å². The number of hydrogen-bond donors (Lipinski definition) is 2. The molecule has 1 aromatic carbocycles. The Morgan fingerprint density at radius 2 is 2.25 bits per heavy atom. The fourth-order valence-electron chi connectivity index (χ4n) is 1.68. The second-order valence-corrected chi connectivity index (χ2v) is 3.78. The molecule has 1 aliphatic rings. The molecule has 1 aromatic rings. The number of carbonyl (C=O) groups excluding carboxylic acids is 1. The Hall–Kier alpha value is -2.04. The smallest absolute Gasteiger partial charge is 0.335 e. The van der Waals surface area contributed by atoms with Gasteiger partial charge in [0.1, 0.15) is 0 Å². The van der Waals surface area contributed by atoms with Gasteiger partial charge in [0, 0.05) is 19.3 Å². The summed E-state index contributed by atoms with van der Waals surface area (Å²) in [5.74, 6) is -0.964. The molecule has 0 radical (unpaired) electrons. The third kappa shape index (κ3) is 1.84. The Morgan fingerprint density at radius 3 is 2.94 bits per heavy atom. The first-order chi connectivity index (χ1) is 7.58. The molecule has 1 amide bonds. The van der Waals surface area contributed by atoms with Crippen molar-refractivity contribution in [2.75, 3.05) is 18.9 Å². The second-order valence-electron chi connectivity index (χ2n) is 3.78. The average Bonchev–Trinajstić information content (AvgIpc) is 2.38. The number of carboxylic acids is 1. The number of carboxylic acid groups (broad SMARTS) is 1. The van der Waals surface area contributed by atoms with Crippen molar-refractivity contribution in [1.29, 1.82) is 0 Å². The highest BCUT2D eigenvalue weighted by Gasteiger charge is 2.17. The standard InChI is InChI=1S/C11H12N2O3/c1-13-6-8-4-7(11(15)16)2-3-9(8)12-5-10(13)14/h2-4,12H,5-6H2,1H3,(H,15,16). The quantitative estimate of drug-likeness (QED) is 0.733. The fraction of sp³-hybridized carbons (Fsp3) is 0.273. The van der Waals surface area contributed by atoms with Crippen molar-refractivity contribution in [2.24, 2.45) is 0 Å². The van der Waals surface area contributed by atoms with Crippen molar-refractivity contribution in [1.82, 2.24) is 4.90 Å². The summed E-state index contributed by atoms with van der Waals surface area (Å²) in [5, 5.41) is 11.9. The highest BCUT2D eigenvalue weighted by molar-refractivity contribution is 5.89. The van der Waals surface area contributed by atoms with Crippen molar-refractivity contribution in [3.63, 3.8) is 0 Å². The van der Waals surface area contributed by atoms with Crippen LogP contribution in [0, 0.1) is 0 Å². The summed E-state index contributed by atoms with van der Waals surface area (Å²) < 4.78 is 0. The number of nitrogens with zero attached hydrogens (tertiary/aromatic N) is 1. The fourth-order valence-corrected chi connectivity index (χ4v) is 1.68. The average molecular weight is 220 g/mol. The van der Waals surface area contributed by atoms with Gasteiger partial charge in [-0.2, -0.15) is 0 Å². The Labute approximate surface area is 92.7 Å². The molecule has 0 bridgehead atoms. The summed E-state index contributed by atoms with van der Waals surface area (Å²) in [6.45, 7) is 0.679. The van der Waals surface area contributed by atoms with Gasteiger partial charge in [-0.3, -0.25) is 4.79 Å². The number of carbonyl (C=O) groups is 2. The molecule has 2 N–H and O–H groups in total. The molecule has 0 atom stereocenters. The van der Waals surface area contributed by atoms with E-state index < -0.39 is 5.97 Å². The number of nitrogens with one attached hydrogen (secondary N) is 1. The number of fused-ring (bicyclic) bond motifs is 1. The molecular formula is C11H12N2O3. The van der Waals surface area contributed by atoms with E-state index in [1.807, 2.05) is 0 Å². The second kappa shape index (κ2) is 3.84. The van der Waals surface area contributed by atoms with Crippen LogP contribution in [0.5, 0.6) is 0 Å². The lowest BCUT2D eigenvalue weighted by Crippen LogP contribution is -2.28. The monoisotopic (exact) mass is 220 g/mol. The molecule has 1 heterocycles. The summed E-state index contributed by atoms with van der Waals surface area (Å²) in [6, 6.07) is 4.83. The van der Waals surface area contributed by atoms with Crippen molar-refractivity contribution in [3.05, 3.63) is 29.3 Å². The lowest BCUT2D eigenvalue weighted by atomic mass is 10.1. The Kier molecular flexibility index (Phi) is 2.52. The van der Waals surface area contributed by atoms with Gasteiger partial charge in [-0.1, -0.05) is 0 Å². The van der Waals surface area contributed by atoms with E-state index >= 15 is 0 Å². The number of aromatic carboxylic acids is 1. The third-order valence-electron chi connectivity index (χ3n) is 2.62. The SMILES string of the molecule is CN1Cc2cc(C(=O)O)ccc2NCC1=O. The van der Waals surface area contributed by atoms with Gasteiger partial charge >= 0.3 is 5.97 Å². The minimum absolute atomic E-state index is 0.00641. The number of anilines is 1. The first kappa shape index (κ1) is 10.5. The largest absolute Gasteiger partial charge is 0.478 e. The zero-order valence-corrected chi connectivity index (χ0v) is 8.86. The number of hydrogen-bond acceptors (Lipinski definition) is 3. The number of benzene rings is 1. The summed E-state index contributed by atoms with van der Waals surface area (Å²) in [6.07, 6.45) is 0. The van der Waals surface area contributed by atoms with Crippen LogP contribution >= 0.6 is 0 Å². The summed E-state index contributed by atoms with van der Waals surface area (Å²) in [4.78, 5) is 23.8. The van der Waals surface area contributed by atoms with Crippen LogP contribution in [0.2, 0.25) is 0 Å². The van der Waals surface area contributed by atoms with Gasteiger partial charge in [0.2, 0.25) is 5.91 Å². The molecule has 0 aromatic heterocycles. The summed E-state index contributed by atoms with van der Waals surface area (Å²) >= 11 is 0. The molecule has 2 rings (SSSR count). The lowest BCUT2D eigenvalue weighted by Gasteiger charge is -2.13. The third-order valence-corrected chi connectivity index (χ3v) is 2.62. The van der Waals surface area contributed by atoms with E-state index in [9.17, 15) is 9.59 Å². The van der Waals surface area contributed by atoms with Gasteiger partial charge in [-0.05, 0) is 23.8 Å². The molecule has 0 saturated heterocycles. The Balaban J connectivity index is 2.39. The molecule has 0 unspecified atom stereocenters. The predicted octanol–water partition coefficient (Wildman–Crippen LogP) is 0.769. The topological polar surface area (TPSA) is 69.6 Å². The van der Waals surface area contributed by atoms with Crippen LogP contribution in [-0.4, -0.2) is 35.5 Å². The number of amides is 1. The van der Waals surface area contributed by atoms with Crippen molar-refractivity contribution in [2.45, 2.75) is 6.54 Å². The molecule has 0 spiro atoms. The maximum atomic E-state index is 11.4. The van der Waals surface area contributed by atoms with Crippen LogP contribution in [0.3, 0.4) is 0 Å². The minimum Gasteiger partial charge on any atom is -0.478 e. The van der Waals surface area contributed by atoms with E-state index in [0.717, 1.165) is 11.3 Å². The van der Waals surface area contributed by atoms with E-state index in [1.165, 1.54) is 6.07 Å². The van der Waals surface area contributed by atoms with Gasteiger partial charge in [0.05, 0.1) is 12.1 Å². The molecule has 0 aliphatic carbocycles. The Bertz CT molecular complexity index is 457. The van der Waals surface area contributed by atoms with Crippen molar-refractivity contribution >= 4 is 17.6 Å². The maximum Gasteiger partial charge on any atom is 0.335 e. The molecule has 0 saturated carbocycles. The van der Waals surface area contributed by atoms with E-state index in [0.29, 0.717) is 6.54 Å². The molecule has 0 fully saturated rings. The maximum absolute atomic E-state index is 11.4. The predicted molar refractivity (Wildman–Crippen MR) is 58.4 cm³/mol. The van der Waals surface area contributed by atoms with Crippen LogP contribution in [0.25, 0.3) is 0 Å². The van der Waals surface area contributed by atoms with Crippen LogP contribution in [0.1, 0.15) is 15.9 Å². The van der Waals surface area contributed by atoms with E-state index in [4.69, 9.17) is 5.11 Å². The molecule has 5 nitrogen and oxygen atoms in total. The lowest BCUT2D eigenvalue weighted by molar-refractivity contribution is -0.128. The van der Waals surface area contributed by atoms with Gasteiger partial charge in [0.25, 0.3) is 0 Å². The van der Waals surface area contributed by atoms with Crippen LogP contribution in [-0.2, 0) is 11.3 Å². The van der Waals surface area contributed by atoms with E-state index in [1.54, 1.807) is 24.1 Å². The Morgan fingerprint density at radius 1 is 1.50 bits per heavy atom. The van der Waals surface area contributed by atoms with Gasteiger partial charge in [-0.25, -0.2) is 4.79 Å². The molecule has 5 heteroatoms. The van der Waals surface area contributed by atoms with Crippen molar-refractivity contribution < 1.29 is 14.7 Å². The highest BCUT2D eigenvalue weighted by atomic mass is 16.4. The zero-order valence-electron chi connectivity index (χ0n) is 8.86. The van der Waals surface area contributed by atoms with E-state index in [2.05, 4.69) is 5.32 Å². The first-order valence-electron chi connectivity index (χ1n) is 4.92. The summed E-state index contributed by atoms with van der Waals surface area (Å²) in [5.41, 5.74) is 1.89. The highest BCUT2D eigenvalue weighted by Crippen LogP contribution is 2.21.